The van der Waals surface area contributed by atoms with E-state index in [9.17, 15) is 4.79 Å². The fourth-order valence-corrected chi connectivity index (χ4v) is 1.91. The second-order valence-corrected chi connectivity index (χ2v) is 4.52. The molecule has 2 rings (SSSR count). The van der Waals surface area contributed by atoms with E-state index < -0.39 is 0 Å². The van der Waals surface area contributed by atoms with Crippen LogP contribution in [0.4, 0.5) is 0 Å². The first kappa shape index (κ1) is 13.0. The summed E-state index contributed by atoms with van der Waals surface area (Å²) in [6, 6.07) is 3.45. The molecule has 2 heterocycles. The van der Waals surface area contributed by atoms with Crippen molar-refractivity contribution in [1.29, 1.82) is 0 Å². The minimum Gasteiger partial charge on any atom is -0.461 e. The van der Waals surface area contributed by atoms with E-state index in [2.05, 4.69) is 21.8 Å². The Morgan fingerprint density at radius 2 is 2.17 bits per heavy atom. The van der Waals surface area contributed by atoms with Gasteiger partial charge >= 0.3 is 5.97 Å². The number of hydrogen-bond acceptors (Lipinski definition) is 5. The van der Waals surface area contributed by atoms with E-state index in [0.29, 0.717) is 12.2 Å². The zero-order valence-corrected chi connectivity index (χ0v) is 10.7. The molecule has 5 heteroatoms. The number of esters is 1. The highest BCUT2D eigenvalue weighted by Gasteiger charge is 2.14. The molecule has 1 aliphatic rings. The first-order valence-electron chi connectivity index (χ1n) is 6.24. The van der Waals surface area contributed by atoms with Crippen LogP contribution in [0.25, 0.3) is 0 Å². The number of hydrogen-bond donors (Lipinski definition) is 0. The number of carbonyl (C=O) groups is 1. The van der Waals surface area contributed by atoms with Gasteiger partial charge in [-0.25, -0.2) is 4.79 Å². The van der Waals surface area contributed by atoms with Gasteiger partial charge in [0.25, 0.3) is 0 Å². The van der Waals surface area contributed by atoms with Gasteiger partial charge in [-0.05, 0) is 19.2 Å². The SMILES string of the molecule is CN1CCN(CCOC(=O)c2cccnc2)CC1. The smallest absolute Gasteiger partial charge is 0.339 e. The Balaban J connectivity index is 1.68. The van der Waals surface area contributed by atoms with Crippen molar-refractivity contribution in [3.8, 4) is 0 Å². The Morgan fingerprint density at radius 1 is 1.39 bits per heavy atom. The van der Waals surface area contributed by atoms with E-state index >= 15 is 0 Å². The van der Waals surface area contributed by atoms with Gasteiger partial charge in [-0.15, -0.1) is 0 Å². The maximum absolute atomic E-state index is 11.6. The third kappa shape index (κ3) is 3.78. The van der Waals surface area contributed by atoms with E-state index in [1.807, 2.05) is 0 Å². The minimum atomic E-state index is -0.294. The van der Waals surface area contributed by atoms with Crippen molar-refractivity contribution in [1.82, 2.24) is 14.8 Å². The van der Waals surface area contributed by atoms with Gasteiger partial charge < -0.3 is 9.64 Å². The standard InChI is InChI=1S/C13H19N3O2/c1-15-5-7-16(8-6-15)9-10-18-13(17)12-3-2-4-14-11-12/h2-4,11H,5-10H2,1H3. The second-order valence-electron chi connectivity index (χ2n) is 4.52. The molecule has 5 nitrogen and oxygen atoms in total. The van der Waals surface area contributed by atoms with E-state index in [4.69, 9.17) is 4.74 Å². The number of piperazine rings is 1. The monoisotopic (exact) mass is 249 g/mol. The van der Waals surface area contributed by atoms with Crippen LogP contribution in [0.5, 0.6) is 0 Å². The molecule has 18 heavy (non-hydrogen) atoms. The number of ether oxygens (including phenoxy) is 1. The minimum absolute atomic E-state index is 0.294. The van der Waals surface area contributed by atoms with Gasteiger partial charge in [-0.2, -0.15) is 0 Å². The molecule has 0 aliphatic carbocycles. The largest absolute Gasteiger partial charge is 0.461 e. The third-order valence-electron chi connectivity index (χ3n) is 3.13. The van der Waals surface area contributed by atoms with Crippen molar-refractivity contribution in [2.24, 2.45) is 0 Å². The summed E-state index contributed by atoms with van der Waals surface area (Å²) >= 11 is 0. The molecular weight excluding hydrogens is 230 g/mol. The van der Waals surface area contributed by atoms with Gasteiger partial charge in [0.05, 0.1) is 5.56 Å². The van der Waals surface area contributed by atoms with Crippen LogP contribution in [-0.2, 0) is 4.74 Å². The molecule has 0 atom stereocenters. The average molecular weight is 249 g/mol. The molecule has 0 bridgehead atoms. The van der Waals surface area contributed by atoms with Gasteiger partial charge in [-0.1, -0.05) is 0 Å². The summed E-state index contributed by atoms with van der Waals surface area (Å²) in [7, 11) is 2.12. The third-order valence-corrected chi connectivity index (χ3v) is 3.13. The summed E-state index contributed by atoms with van der Waals surface area (Å²) in [5.74, 6) is -0.294. The number of aromatic nitrogens is 1. The molecule has 1 aliphatic heterocycles. The van der Waals surface area contributed by atoms with Crippen LogP contribution < -0.4 is 0 Å². The van der Waals surface area contributed by atoms with E-state index in [-0.39, 0.29) is 5.97 Å². The van der Waals surface area contributed by atoms with Crippen LogP contribution in [0.2, 0.25) is 0 Å². The predicted molar refractivity (Wildman–Crippen MR) is 68.5 cm³/mol. The maximum Gasteiger partial charge on any atom is 0.339 e. The molecule has 0 saturated carbocycles. The van der Waals surface area contributed by atoms with Gasteiger partial charge in [0.15, 0.2) is 0 Å². The van der Waals surface area contributed by atoms with Gasteiger partial charge in [-0.3, -0.25) is 9.88 Å². The van der Waals surface area contributed by atoms with Crippen LogP contribution in [0.15, 0.2) is 24.5 Å². The zero-order chi connectivity index (χ0) is 12.8. The van der Waals surface area contributed by atoms with Gasteiger partial charge in [0.1, 0.15) is 6.61 Å². The normalized spacial score (nSPS) is 17.6. The Bertz CT molecular complexity index is 375. The van der Waals surface area contributed by atoms with Crippen LogP contribution in [0, 0.1) is 0 Å². The van der Waals surface area contributed by atoms with Crippen molar-refractivity contribution in [3.63, 3.8) is 0 Å². The average Bonchev–Trinajstić information content (AvgIpc) is 2.42. The zero-order valence-electron chi connectivity index (χ0n) is 10.7. The predicted octanol–water partition coefficient (Wildman–Crippen LogP) is 0.486. The van der Waals surface area contributed by atoms with Crippen molar-refractivity contribution in [2.75, 3.05) is 46.4 Å². The number of carbonyl (C=O) groups excluding carboxylic acids is 1. The lowest BCUT2D eigenvalue weighted by Crippen LogP contribution is -2.45. The summed E-state index contributed by atoms with van der Waals surface area (Å²) < 4.78 is 5.22. The summed E-state index contributed by atoms with van der Waals surface area (Å²) in [6.45, 7) is 5.49. The van der Waals surface area contributed by atoms with Crippen molar-refractivity contribution >= 4 is 5.97 Å². The number of pyridine rings is 1. The molecule has 1 saturated heterocycles. The van der Waals surface area contributed by atoms with E-state index in [1.165, 1.54) is 6.20 Å². The van der Waals surface area contributed by atoms with E-state index in [0.717, 1.165) is 32.7 Å². The van der Waals surface area contributed by atoms with Gasteiger partial charge in [0, 0.05) is 45.1 Å². The number of nitrogens with zero attached hydrogens (tertiary/aromatic N) is 3. The van der Waals surface area contributed by atoms with Crippen LogP contribution in [0.3, 0.4) is 0 Å². The van der Waals surface area contributed by atoms with Crippen molar-refractivity contribution < 1.29 is 9.53 Å². The topological polar surface area (TPSA) is 45.7 Å². The lowest BCUT2D eigenvalue weighted by atomic mass is 10.3. The highest BCUT2D eigenvalue weighted by atomic mass is 16.5. The lowest BCUT2D eigenvalue weighted by Gasteiger charge is -2.31. The molecule has 0 spiro atoms. The molecule has 1 aromatic rings. The van der Waals surface area contributed by atoms with Crippen LogP contribution >= 0.6 is 0 Å². The van der Waals surface area contributed by atoms with Crippen LogP contribution in [0.1, 0.15) is 10.4 Å². The Morgan fingerprint density at radius 3 is 2.83 bits per heavy atom. The molecule has 98 valence electrons. The molecule has 0 radical (unpaired) electrons. The molecule has 0 aromatic carbocycles. The fourth-order valence-electron chi connectivity index (χ4n) is 1.91. The van der Waals surface area contributed by atoms with Gasteiger partial charge in [0.2, 0.25) is 0 Å². The lowest BCUT2D eigenvalue weighted by molar-refractivity contribution is 0.0432. The Hall–Kier alpha value is -1.46. The van der Waals surface area contributed by atoms with Crippen molar-refractivity contribution in [2.45, 2.75) is 0 Å². The summed E-state index contributed by atoms with van der Waals surface area (Å²) in [5.41, 5.74) is 0.510. The highest BCUT2D eigenvalue weighted by Crippen LogP contribution is 2.01. The molecule has 0 unspecified atom stereocenters. The molecule has 1 aromatic heterocycles. The molecule has 1 fully saturated rings. The first-order chi connectivity index (χ1) is 8.75. The van der Waals surface area contributed by atoms with Crippen LogP contribution in [-0.4, -0.2) is 67.1 Å². The molecule has 0 N–H and O–H groups in total. The quantitative estimate of drug-likeness (QED) is 0.727. The number of likely N-dealkylation sites (N-methyl/N-ethyl adjacent to an activating group) is 1. The summed E-state index contributed by atoms with van der Waals surface area (Å²) in [4.78, 5) is 20.2. The highest BCUT2D eigenvalue weighted by molar-refractivity contribution is 5.88. The van der Waals surface area contributed by atoms with Crippen molar-refractivity contribution in [3.05, 3.63) is 30.1 Å². The number of rotatable bonds is 4. The molecule has 0 amide bonds. The maximum atomic E-state index is 11.6. The second kappa shape index (κ2) is 6.47. The van der Waals surface area contributed by atoms with E-state index in [1.54, 1.807) is 18.3 Å². The fraction of sp³-hybridized carbons (Fsp3) is 0.538. The summed E-state index contributed by atoms with van der Waals surface area (Å²) in [6.07, 6.45) is 3.17. The molecular formula is C13H19N3O2. The first-order valence-corrected chi connectivity index (χ1v) is 6.24. The summed E-state index contributed by atoms with van der Waals surface area (Å²) in [5, 5.41) is 0. The Kier molecular flexibility index (Phi) is 4.66. The Labute approximate surface area is 107 Å².